The van der Waals surface area contributed by atoms with Gasteiger partial charge in [-0.2, -0.15) is 17.9 Å². The van der Waals surface area contributed by atoms with Crippen LogP contribution in [0.2, 0.25) is 0 Å². The molecule has 2 rings (SSSR count). The second kappa shape index (κ2) is 8.10. The summed E-state index contributed by atoms with van der Waals surface area (Å²) in [6, 6.07) is 11.3. The van der Waals surface area contributed by atoms with E-state index < -0.39 is 38.6 Å². The first-order chi connectivity index (χ1) is 12.5. The van der Waals surface area contributed by atoms with Crippen LogP contribution in [0.3, 0.4) is 0 Å². The number of carbonyl (C=O) groups excluding carboxylic acids is 1. The predicted molar refractivity (Wildman–Crippen MR) is 94.1 cm³/mol. The number of nitrogens with zero attached hydrogens (tertiary/aromatic N) is 1. The summed E-state index contributed by atoms with van der Waals surface area (Å²) < 4.78 is 65.2. The minimum absolute atomic E-state index is 0.273. The maximum absolute atomic E-state index is 12.8. The molecule has 0 aliphatic carbocycles. The van der Waals surface area contributed by atoms with E-state index >= 15 is 0 Å². The van der Waals surface area contributed by atoms with Crippen molar-refractivity contribution in [3.05, 3.63) is 65.7 Å². The Kier molecular flexibility index (Phi) is 6.27. The lowest BCUT2D eigenvalue weighted by Crippen LogP contribution is -2.45. The monoisotopic (exact) mass is 400 g/mol. The van der Waals surface area contributed by atoms with Crippen molar-refractivity contribution < 1.29 is 26.4 Å². The number of amides is 1. The summed E-state index contributed by atoms with van der Waals surface area (Å²) in [7, 11) is -2.77. The summed E-state index contributed by atoms with van der Waals surface area (Å²) >= 11 is 0. The molecule has 1 unspecified atom stereocenters. The lowest BCUT2D eigenvalue weighted by molar-refractivity contribution is -0.137. The van der Waals surface area contributed by atoms with E-state index in [1.165, 1.54) is 18.9 Å². The van der Waals surface area contributed by atoms with Crippen molar-refractivity contribution in [2.24, 2.45) is 0 Å². The molecule has 0 aliphatic heterocycles. The van der Waals surface area contributed by atoms with Gasteiger partial charge in [0.15, 0.2) is 0 Å². The fourth-order valence-corrected chi connectivity index (χ4v) is 3.70. The molecule has 9 heteroatoms. The summed E-state index contributed by atoms with van der Waals surface area (Å²) in [6.07, 6.45) is -4.66. The maximum Gasteiger partial charge on any atom is 0.416 e. The number of hydrogen-bond acceptors (Lipinski definition) is 3. The van der Waals surface area contributed by atoms with Crippen LogP contribution >= 0.6 is 0 Å². The summed E-state index contributed by atoms with van der Waals surface area (Å²) in [6.45, 7) is 1.62. The van der Waals surface area contributed by atoms with E-state index in [1.807, 2.05) is 30.3 Å². The number of alkyl halides is 3. The number of nitrogens with one attached hydrogen (secondary N) is 1. The Morgan fingerprint density at radius 1 is 1.11 bits per heavy atom. The molecule has 0 spiro atoms. The molecule has 0 fully saturated rings. The number of sulfonamides is 1. The predicted octanol–water partition coefficient (Wildman–Crippen LogP) is 3.03. The second-order valence-corrected chi connectivity index (χ2v) is 7.76. The van der Waals surface area contributed by atoms with Crippen molar-refractivity contribution in [1.29, 1.82) is 0 Å². The van der Waals surface area contributed by atoms with Gasteiger partial charge in [-0.05, 0) is 30.7 Å². The largest absolute Gasteiger partial charge is 0.416 e. The zero-order valence-corrected chi connectivity index (χ0v) is 15.5. The van der Waals surface area contributed by atoms with Gasteiger partial charge in [0, 0.05) is 13.6 Å². The van der Waals surface area contributed by atoms with Gasteiger partial charge in [0.25, 0.3) is 0 Å². The average molecular weight is 400 g/mol. The molecular formula is C18H19F3N2O3S. The maximum atomic E-state index is 12.8. The van der Waals surface area contributed by atoms with Gasteiger partial charge in [-0.25, -0.2) is 8.42 Å². The van der Waals surface area contributed by atoms with Gasteiger partial charge < -0.3 is 4.90 Å². The number of hydrogen-bond donors (Lipinski definition) is 1. The fourth-order valence-electron chi connectivity index (χ4n) is 2.46. The lowest BCUT2D eigenvalue weighted by atomic mass is 10.2. The Hall–Kier alpha value is -2.39. The Balaban J connectivity index is 2.11. The molecular weight excluding hydrogens is 381 g/mol. The van der Waals surface area contributed by atoms with Crippen molar-refractivity contribution >= 4 is 15.9 Å². The molecule has 2 aromatic carbocycles. The highest BCUT2D eigenvalue weighted by Crippen LogP contribution is 2.30. The van der Waals surface area contributed by atoms with Gasteiger partial charge >= 0.3 is 6.18 Å². The molecule has 1 amide bonds. The van der Waals surface area contributed by atoms with Gasteiger partial charge in [-0.15, -0.1) is 0 Å². The SMILES string of the molecule is CC(NS(=O)(=O)c1cccc(C(F)(F)F)c1)C(=O)N(C)Cc1ccccc1. The molecule has 5 nitrogen and oxygen atoms in total. The Bertz CT molecular complexity index is 900. The van der Waals surface area contributed by atoms with Crippen LogP contribution in [0, 0.1) is 0 Å². The third kappa shape index (κ3) is 5.54. The Morgan fingerprint density at radius 3 is 2.33 bits per heavy atom. The summed E-state index contributed by atoms with van der Waals surface area (Å²) in [5, 5.41) is 0. The van der Waals surface area contributed by atoms with Crippen LogP contribution in [0.25, 0.3) is 0 Å². The van der Waals surface area contributed by atoms with Crippen LogP contribution < -0.4 is 4.72 Å². The van der Waals surface area contributed by atoms with E-state index in [2.05, 4.69) is 4.72 Å². The first-order valence-corrected chi connectivity index (χ1v) is 9.47. The second-order valence-electron chi connectivity index (χ2n) is 6.05. The number of rotatable bonds is 6. The molecule has 0 saturated carbocycles. The Labute approximate surface area is 155 Å². The molecule has 0 aliphatic rings. The molecule has 27 heavy (non-hydrogen) atoms. The molecule has 0 aromatic heterocycles. The normalized spacial score (nSPS) is 13.2. The molecule has 0 radical (unpaired) electrons. The zero-order chi connectivity index (χ0) is 20.2. The molecule has 0 saturated heterocycles. The minimum Gasteiger partial charge on any atom is -0.340 e. The van der Waals surface area contributed by atoms with E-state index in [-0.39, 0.29) is 6.54 Å². The van der Waals surface area contributed by atoms with Gasteiger partial charge in [-0.3, -0.25) is 4.79 Å². The van der Waals surface area contributed by atoms with E-state index in [0.29, 0.717) is 6.07 Å². The van der Waals surface area contributed by atoms with Crippen LogP contribution in [0.1, 0.15) is 18.1 Å². The van der Waals surface area contributed by atoms with Crippen molar-refractivity contribution in [1.82, 2.24) is 9.62 Å². The zero-order valence-electron chi connectivity index (χ0n) is 14.7. The highest BCUT2D eigenvalue weighted by Gasteiger charge is 2.32. The standard InChI is InChI=1S/C18H19F3N2O3S/c1-13(17(24)23(2)12-14-7-4-3-5-8-14)22-27(25,26)16-10-6-9-15(11-16)18(19,20)21/h3-11,13,22H,12H2,1-2H3. The topological polar surface area (TPSA) is 66.5 Å². The third-order valence-corrected chi connectivity index (χ3v) is 5.35. The minimum atomic E-state index is -4.66. The molecule has 0 heterocycles. The number of likely N-dealkylation sites (N-methyl/N-ethyl adjacent to an activating group) is 1. The van der Waals surface area contributed by atoms with Gasteiger partial charge in [0.2, 0.25) is 15.9 Å². The molecule has 146 valence electrons. The quantitative estimate of drug-likeness (QED) is 0.811. The van der Waals surface area contributed by atoms with Crippen molar-refractivity contribution in [2.75, 3.05) is 7.05 Å². The number of carbonyl (C=O) groups is 1. The van der Waals surface area contributed by atoms with E-state index in [1.54, 1.807) is 0 Å². The summed E-state index contributed by atoms with van der Waals surface area (Å²) in [5.41, 5.74) is -0.216. The van der Waals surface area contributed by atoms with Gasteiger partial charge in [0.05, 0.1) is 16.5 Å². The highest BCUT2D eigenvalue weighted by atomic mass is 32.2. The van der Waals surface area contributed by atoms with E-state index in [4.69, 9.17) is 0 Å². The highest BCUT2D eigenvalue weighted by molar-refractivity contribution is 7.89. The van der Waals surface area contributed by atoms with Crippen LogP contribution in [-0.2, 0) is 27.5 Å². The van der Waals surface area contributed by atoms with Crippen LogP contribution in [0.5, 0.6) is 0 Å². The first kappa shape index (κ1) is 20.9. The fraction of sp³-hybridized carbons (Fsp3) is 0.278. The van der Waals surface area contributed by atoms with Crippen molar-refractivity contribution in [3.63, 3.8) is 0 Å². The van der Waals surface area contributed by atoms with Crippen LogP contribution in [0.4, 0.5) is 13.2 Å². The molecule has 1 N–H and O–H groups in total. The summed E-state index contributed by atoms with van der Waals surface area (Å²) in [4.78, 5) is 13.2. The molecule has 2 aromatic rings. The van der Waals surface area contributed by atoms with Gasteiger partial charge in [-0.1, -0.05) is 36.4 Å². The van der Waals surface area contributed by atoms with Crippen LogP contribution in [0.15, 0.2) is 59.5 Å². The summed E-state index contributed by atoms with van der Waals surface area (Å²) in [5.74, 6) is -0.505. The molecule has 0 bridgehead atoms. The van der Waals surface area contributed by atoms with E-state index in [9.17, 15) is 26.4 Å². The smallest absolute Gasteiger partial charge is 0.340 e. The average Bonchev–Trinajstić information content (AvgIpc) is 2.61. The van der Waals surface area contributed by atoms with Gasteiger partial charge in [0.1, 0.15) is 0 Å². The number of halogens is 3. The lowest BCUT2D eigenvalue weighted by Gasteiger charge is -2.22. The van der Waals surface area contributed by atoms with E-state index in [0.717, 1.165) is 23.8 Å². The van der Waals surface area contributed by atoms with Crippen LogP contribution in [-0.4, -0.2) is 32.3 Å². The third-order valence-electron chi connectivity index (χ3n) is 3.81. The van der Waals surface area contributed by atoms with Crippen molar-refractivity contribution in [3.8, 4) is 0 Å². The Morgan fingerprint density at radius 2 is 1.74 bits per heavy atom. The number of benzene rings is 2. The van der Waals surface area contributed by atoms with Crippen molar-refractivity contribution in [2.45, 2.75) is 30.6 Å². The molecule has 1 atom stereocenters. The first-order valence-electron chi connectivity index (χ1n) is 7.99.